The van der Waals surface area contributed by atoms with Gasteiger partial charge in [0.05, 0.1) is 24.8 Å². The van der Waals surface area contributed by atoms with Crippen molar-refractivity contribution in [2.24, 2.45) is 0 Å². The normalized spacial score (nSPS) is 13.6. The van der Waals surface area contributed by atoms with Gasteiger partial charge in [0, 0.05) is 6.04 Å². The quantitative estimate of drug-likeness (QED) is 0.646. The molecule has 1 fully saturated rings. The lowest BCUT2D eigenvalue weighted by molar-refractivity contribution is -0.118. The summed E-state index contributed by atoms with van der Waals surface area (Å²) in [5, 5.41) is 2.64. The van der Waals surface area contributed by atoms with Gasteiger partial charge in [-0.15, -0.1) is 0 Å². The Hall–Kier alpha value is -2.78. The summed E-state index contributed by atoms with van der Waals surface area (Å²) in [5.74, 6) is 0.840. The van der Waals surface area contributed by atoms with Crippen molar-refractivity contribution in [3.8, 4) is 17.2 Å². The summed E-state index contributed by atoms with van der Waals surface area (Å²) in [6.45, 7) is 1.64. The van der Waals surface area contributed by atoms with Gasteiger partial charge < -0.3 is 19.5 Å². The van der Waals surface area contributed by atoms with E-state index in [1.807, 2.05) is 13.0 Å². The van der Waals surface area contributed by atoms with E-state index in [0.29, 0.717) is 17.2 Å². The summed E-state index contributed by atoms with van der Waals surface area (Å²) >= 11 is 0. The predicted molar refractivity (Wildman–Crippen MR) is 108 cm³/mol. The Morgan fingerprint density at radius 2 is 1.72 bits per heavy atom. The molecule has 3 rings (SSSR count). The first-order valence-corrected chi connectivity index (χ1v) is 10.6. The van der Waals surface area contributed by atoms with E-state index in [0.717, 1.165) is 18.4 Å². The van der Waals surface area contributed by atoms with Gasteiger partial charge in [-0.05, 0) is 55.7 Å². The SMILES string of the molecule is COc1ccc(S(=O)(=O)NC2CC2)cc1NC(=O)COc1ccc(C)cc1OC. The van der Waals surface area contributed by atoms with Crippen molar-refractivity contribution in [2.45, 2.75) is 30.7 Å². The molecule has 1 aliphatic carbocycles. The molecular weight excluding hydrogens is 396 g/mol. The van der Waals surface area contributed by atoms with Crippen LogP contribution < -0.4 is 24.2 Å². The van der Waals surface area contributed by atoms with E-state index in [2.05, 4.69) is 10.0 Å². The number of anilines is 1. The molecule has 0 aliphatic heterocycles. The van der Waals surface area contributed by atoms with Crippen molar-refractivity contribution < 1.29 is 27.4 Å². The Bertz CT molecular complexity index is 1000. The van der Waals surface area contributed by atoms with Gasteiger partial charge in [-0.25, -0.2) is 13.1 Å². The van der Waals surface area contributed by atoms with E-state index in [4.69, 9.17) is 14.2 Å². The molecule has 1 saturated carbocycles. The number of ether oxygens (including phenoxy) is 3. The van der Waals surface area contributed by atoms with Crippen LogP contribution in [0.5, 0.6) is 17.2 Å². The summed E-state index contributed by atoms with van der Waals surface area (Å²) in [7, 11) is -0.692. The highest BCUT2D eigenvalue weighted by molar-refractivity contribution is 7.89. The summed E-state index contributed by atoms with van der Waals surface area (Å²) in [6.07, 6.45) is 1.66. The minimum atomic E-state index is -3.65. The second kappa shape index (κ2) is 8.71. The van der Waals surface area contributed by atoms with Gasteiger partial charge >= 0.3 is 0 Å². The molecule has 2 aromatic carbocycles. The van der Waals surface area contributed by atoms with Crippen LogP contribution in [0.2, 0.25) is 0 Å². The molecule has 0 spiro atoms. The Morgan fingerprint density at radius 1 is 1.03 bits per heavy atom. The molecule has 0 radical (unpaired) electrons. The third-order valence-corrected chi connectivity index (χ3v) is 5.85. The number of aryl methyl sites for hydroxylation is 1. The highest BCUT2D eigenvalue weighted by Crippen LogP contribution is 2.30. The summed E-state index contributed by atoms with van der Waals surface area (Å²) in [6, 6.07) is 9.66. The molecule has 29 heavy (non-hydrogen) atoms. The van der Waals surface area contributed by atoms with E-state index < -0.39 is 15.9 Å². The molecule has 1 aliphatic rings. The minimum absolute atomic E-state index is 0.0157. The molecule has 156 valence electrons. The van der Waals surface area contributed by atoms with E-state index in [9.17, 15) is 13.2 Å². The number of carbonyl (C=O) groups is 1. The van der Waals surface area contributed by atoms with Crippen molar-refractivity contribution in [3.05, 3.63) is 42.0 Å². The molecule has 1 amide bonds. The molecule has 0 atom stereocenters. The number of methoxy groups -OCH3 is 2. The first-order valence-electron chi connectivity index (χ1n) is 9.10. The largest absolute Gasteiger partial charge is 0.495 e. The van der Waals surface area contributed by atoms with Crippen LogP contribution >= 0.6 is 0 Å². The van der Waals surface area contributed by atoms with Crippen LogP contribution in [0.25, 0.3) is 0 Å². The van der Waals surface area contributed by atoms with Gasteiger partial charge in [0.25, 0.3) is 5.91 Å². The zero-order valence-electron chi connectivity index (χ0n) is 16.5. The summed E-state index contributed by atoms with van der Waals surface area (Å²) in [5.41, 5.74) is 1.25. The molecule has 0 bridgehead atoms. The number of hydrogen-bond donors (Lipinski definition) is 2. The number of benzene rings is 2. The summed E-state index contributed by atoms with van der Waals surface area (Å²) < 4.78 is 43.5. The van der Waals surface area contributed by atoms with E-state index in [-0.39, 0.29) is 23.2 Å². The van der Waals surface area contributed by atoms with Gasteiger partial charge in [-0.3, -0.25) is 4.79 Å². The minimum Gasteiger partial charge on any atom is -0.495 e. The van der Waals surface area contributed by atoms with Crippen LogP contribution in [-0.2, 0) is 14.8 Å². The topological polar surface area (TPSA) is 103 Å². The lowest BCUT2D eigenvalue weighted by Gasteiger charge is -2.14. The second-order valence-corrected chi connectivity index (χ2v) is 8.46. The van der Waals surface area contributed by atoms with Gasteiger partial charge in [0.2, 0.25) is 10.0 Å². The molecule has 9 heteroatoms. The Labute approximate surface area is 170 Å². The van der Waals surface area contributed by atoms with Gasteiger partial charge in [0.1, 0.15) is 5.75 Å². The van der Waals surface area contributed by atoms with Gasteiger partial charge in [-0.1, -0.05) is 6.07 Å². The first kappa shape index (κ1) is 20.9. The number of rotatable bonds is 9. The van der Waals surface area contributed by atoms with Crippen molar-refractivity contribution in [2.75, 3.05) is 26.1 Å². The maximum Gasteiger partial charge on any atom is 0.262 e. The molecule has 2 aromatic rings. The van der Waals surface area contributed by atoms with Crippen LogP contribution in [0.15, 0.2) is 41.3 Å². The molecular formula is C20H24N2O6S. The van der Waals surface area contributed by atoms with Crippen LogP contribution in [0.4, 0.5) is 5.69 Å². The summed E-state index contributed by atoms with van der Waals surface area (Å²) in [4.78, 5) is 12.4. The van der Waals surface area contributed by atoms with E-state index in [1.165, 1.54) is 32.4 Å². The van der Waals surface area contributed by atoms with Gasteiger partial charge in [0.15, 0.2) is 18.1 Å². The molecule has 0 aromatic heterocycles. The van der Waals surface area contributed by atoms with E-state index in [1.54, 1.807) is 12.1 Å². The Balaban J connectivity index is 1.71. The fourth-order valence-corrected chi connectivity index (χ4v) is 4.00. The van der Waals surface area contributed by atoms with Crippen LogP contribution in [0.1, 0.15) is 18.4 Å². The lowest BCUT2D eigenvalue weighted by atomic mass is 10.2. The Morgan fingerprint density at radius 3 is 2.38 bits per heavy atom. The van der Waals surface area contributed by atoms with Gasteiger partial charge in [-0.2, -0.15) is 0 Å². The lowest BCUT2D eigenvalue weighted by Crippen LogP contribution is -2.26. The molecule has 8 nitrogen and oxygen atoms in total. The van der Waals surface area contributed by atoms with E-state index >= 15 is 0 Å². The van der Waals surface area contributed by atoms with Crippen molar-refractivity contribution in [1.29, 1.82) is 0 Å². The average Bonchev–Trinajstić information content (AvgIpc) is 3.50. The third kappa shape index (κ3) is 5.39. The molecule has 0 unspecified atom stereocenters. The standard InChI is InChI=1S/C20H24N2O6S/c1-13-4-8-18(19(10-13)27-3)28-12-20(23)21-16-11-15(7-9-17(16)26-2)29(24,25)22-14-5-6-14/h4,7-11,14,22H,5-6,12H2,1-3H3,(H,21,23). The number of nitrogens with one attached hydrogen (secondary N) is 2. The zero-order chi connectivity index (χ0) is 21.0. The monoisotopic (exact) mass is 420 g/mol. The highest BCUT2D eigenvalue weighted by atomic mass is 32.2. The number of amides is 1. The fourth-order valence-electron chi connectivity index (χ4n) is 2.66. The van der Waals surface area contributed by atoms with Crippen molar-refractivity contribution >= 4 is 21.6 Å². The maximum absolute atomic E-state index is 12.4. The second-order valence-electron chi connectivity index (χ2n) is 6.75. The molecule has 0 heterocycles. The number of sulfonamides is 1. The van der Waals surface area contributed by atoms with Crippen LogP contribution in [0.3, 0.4) is 0 Å². The number of hydrogen-bond acceptors (Lipinski definition) is 6. The maximum atomic E-state index is 12.4. The van der Waals surface area contributed by atoms with Crippen LogP contribution in [0, 0.1) is 6.92 Å². The first-order chi connectivity index (χ1) is 13.8. The average molecular weight is 420 g/mol. The smallest absolute Gasteiger partial charge is 0.262 e. The van der Waals surface area contributed by atoms with Crippen molar-refractivity contribution in [1.82, 2.24) is 4.72 Å². The molecule has 0 saturated heterocycles. The fraction of sp³-hybridized carbons (Fsp3) is 0.350. The zero-order valence-corrected chi connectivity index (χ0v) is 17.3. The third-order valence-electron chi connectivity index (χ3n) is 4.33. The number of carbonyl (C=O) groups excluding carboxylic acids is 1. The predicted octanol–water partition coefficient (Wildman–Crippen LogP) is 2.47. The Kier molecular flexibility index (Phi) is 6.29. The van der Waals surface area contributed by atoms with Crippen LogP contribution in [-0.4, -0.2) is 41.2 Å². The van der Waals surface area contributed by atoms with Crippen molar-refractivity contribution in [3.63, 3.8) is 0 Å². The molecule has 2 N–H and O–H groups in total. The highest BCUT2D eigenvalue weighted by Gasteiger charge is 2.28.